The van der Waals surface area contributed by atoms with Crippen LogP contribution in [0.2, 0.25) is 0 Å². The van der Waals surface area contributed by atoms with E-state index < -0.39 is 11.2 Å². The molecule has 15 heavy (non-hydrogen) atoms. The SMILES string of the molecule is CCOC1=NS(=O)N=C1N1CCSCC1. The predicted molar refractivity (Wildman–Crippen MR) is 63.5 cm³/mol. The van der Waals surface area contributed by atoms with Crippen molar-refractivity contribution in [1.82, 2.24) is 4.90 Å². The van der Waals surface area contributed by atoms with Gasteiger partial charge in [-0.15, -0.1) is 8.80 Å². The molecule has 0 bridgehead atoms. The summed E-state index contributed by atoms with van der Waals surface area (Å²) in [6.45, 7) is 4.25. The summed E-state index contributed by atoms with van der Waals surface area (Å²) >= 11 is 0.436. The number of rotatable bonds is 1. The van der Waals surface area contributed by atoms with Crippen LogP contribution < -0.4 is 0 Å². The normalized spacial score (nSPS) is 26.2. The lowest BCUT2D eigenvalue weighted by atomic mass is 10.4. The monoisotopic (exact) mass is 247 g/mol. The standard InChI is InChI=1S/C8H13N3O2S2/c1-2-13-8-7(9-15(12)10-8)11-3-5-14-6-4-11/h2-6H2,1H3. The van der Waals surface area contributed by atoms with E-state index in [1.807, 2.05) is 18.7 Å². The van der Waals surface area contributed by atoms with E-state index in [4.69, 9.17) is 4.74 Å². The third-order valence-corrected chi connectivity index (χ3v) is 3.70. The topological polar surface area (TPSA) is 54.3 Å². The van der Waals surface area contributed by atoms with Crippen molar-refractivity contribution >= 4 is 34.7 Å². The second-order valence-corrected chi connectivity index (χ2v) is 5.13. The van der Waals surface area contributed by atoms with Crippen LogP contribution in [0.1, 0.15) is 6.92 Å². The van der Waals surface area contributed by atoms with E-state index in [1.165, 1.54) is 0 Å². The van der Waals surface area contributed by atoms with E-state index in [0.717, 1.165) is 24.6 Å². The molecular formula is C8H13N3O2S2. The molecule has 1 saturated heterocycles. The molecule has 7 heteroatoms. The van der Waals surface area contributed by atoms with Gasteiger partial charge in [0.25, 0.3) is 17.1 Å². The van der Waals surface area contributed by atoms with E-state index in [1.54, 1.807) is 0 Å². The summed E-state index contributed by atoms with van der Waals surface area (Å²) in [7, 11) is 0. The lowest BCUT2D eigenvalue weighted by Gasteiger charge is -2.27. The molecule has 2 aliphatic heterocycles. The zero-order chi connectivity index (χ0) is 10.7. The van der Waals surface area contributed by atoms with Gasteiger partial charge in [-0.25, -0.2) is 4.21 Å². The maximum Gasteiger partial charge on any atom is 0.271 e. The minimum absolute atomic E-state index is 0.433. The quantitative estimate of drug-likeness (QED) is 0.675. The molecule has 0 radical (unpaired) electrons. The van der Waals surface area contributed by atoms with Gasteiger partial charge in [-0.1, -0.05) is 0 Å². The summed E-state index contributed by atoms with van der Waals surface area (Å²) in [4.78, 5) is 2.09. The van der Waals surface area contributed by atoms with E-state index in [2.05, 4.69) is 13.7 Å². The lowest BCUT2D eigenvalue weighted by molar-refractivity contribution is 0.328. The highest BCUT2D eigenvalue weighted by molar-refractivity contribution is 7.99. The van der Waals surface area contributed by atoms with Crippen LogP contribution in [0, 0.1) is 0 Å². The first-order valence-electron chi connectivity index (χ1n) is 4.86. The highest BCUT2D eigenvalue weighted by Crippen LogP contribution is 2.14. The average Bonchev–Trinajstić information content (AvgIpc) is 2.62. The van der Waals surface area contributed by atoms with E-state index in [-0.39, 0.29) is 0 Å². The summed E-state index contributed by atoms with van der Waals surface area (Å²) < 4.78 is 24.4. The fourth-order valence-corrected chi connectivity index (χ4v) is 3.00. The van der Waals surface area contributed by atoms with Crippen molar-refractivity contribution in [3.05, 3.63) is 0 Å². The van der Waals surface area contributed by atoms with Crippen molar-refractivity contribution in [2.75, 3.05) is 31.2 Å². The Morgan fingerprint density at radius 2 is 2.20 bits per heavy atom. The van der Waals surface area contributed by atoms with Crippen LogP contribution in [0.15, 0.2) is 8.80 Å². The smallest absolute Gasteiger partial charge is 0.271 e. The number of hydrogen-bond donors (Lipinski definition) is 0. The summed E-state index contributed by atoms with van der Waals surface area (Å²) in [5.74, 6) is 3.24. The molecule has 0 spiro atoms. The minimum Gasteiger partial charge on any atom is -0.475 e. The Balaban J connectivity index is 2.09. The van der Waals surface area contributed by atoms with Crippen molar-refractivity contribution in [2.45, 2.75) is 6.92 Å². The van der Waals surface area contributed by atoms with Gasteiger partial charge in [0.1, 0.15) is 0 Å². The number of thioether (sulfide) groups is 1. The number of hydrogen-bond acceptors (Lipinski definition) is 4. The van der Waals surface area contributed by atoms with Crippen LogP contribution in [-0.4, -0.2) is 52.0 Å². The fourth-order valence-electron chi connectivity index (χ4n) is 1.44. The maximum absolute atomic E-state index is 11.2. The number of amidine groups is 1. The second kappa shape index (κ2) is 4.98. The Morgan fingerprint density at radius 3 is 2.87 bits per heavy atom. The van der Waals surface area contributed by atoms with E-state index >= 15 is 0 Å². The van der Waals surface area contributed by atoms with Crippen molar-refractivity contribution in [1.29, 1.82) is 0 Å². The number of nitrogens with zero attached hydrogens (tertiary/aromatic N) is 3. The Morgan fingerprint density at radius 1 is 1.47 bits per heavy atom. The van der Waals surface area contributed by atoms with Crippen LogP contribution in [0.3, 0.4) is 0 Å². The van der Waals surface area contributed by atoms with Gasteiger partial charge in [0.15, 0.2) is 0 Å². The lowest BCUT2D eigenvalue weighted by Crippen LogP contribution is -2.41. The van der Waals surface area contributed by atoms with Gasteiger partial charge < -0.3 is 9.64 Å². The highest BCUT2D eigenvalue weighted by atomic mass is 32.2. The van der Waals surface area contributed by atoms with Gasteiger partial charge in [-0.2, -0.15) is 11.8 Å². The van der Waals surface area contributed by atoms with Crippen LogP contribution in [0.25, 0.3) is 0 Å². The van der Waals surface area contributed by atoms with Gasteiger partial charge in [0.2, 0.25) is 5.84 Å². The maximum atomic E-state index is 11.2. The third-order valence-electron chi connectivity index (χ3n) is 2.11. The molecule has 0 aromatic carbocycles. The molecular weight excluding hydrogens is 234 g/mol. The van der Waals surface area contributed by atoms with Gasteiger partial charge in [0.05, 0.1) is 6.61 Å². The first-order chi connectivity index (χ1) is 7.31. The Kier molecular flexibility index (Phi) is 3.63. The van der Waals surface area contributed by atoms with E-state index in [0.29, 0.717) is 18.3 Å². The largest absolute Gasteiger partial charge is 0.475 e. The molecule has 1 fully saturated rings. The van der Waals surface area contributed by atoms with Crippen LogP contribution in [0.4, 0.5) is 0 Å². The Hall–Kier alpha value is -0.560. The summed E-state index contributed by atoms with van der Waals surface area (Å²) in [5, 5.41) is 0. The second-order valence-electron chi connectivity index (χ2n) is 3.07. The van der Waals surface area contributed by atoms with Crippen LogP contribution >= 0.6 is 11.8 Å². The molecule has 2 aliphatic rings. The molecule has 2 rings (SSSR count). The first-order valence-corrected chi connectivity index (χ1v) is 7.08. The van der Waals surface area contributed by atoms with Crippen LogP contribution in [0.5, 0.6) is 0 Å². The van der Waals surface area contributed by atoms with Gasteiger partial charge in [-0.3, -0.25) is 0 Å². The van der Waals surface area contributed by atoms with Crippen molar-refractivity contribution in [3.8, 4) is 0 Å². The Bertz CT molecular complexity index is 324. The molecule has 0 N–H and O–H groups in total. The first kappa shape index (κ1) is 10.9. The molecule has 1 atom stereocenters. The molecule has 0 aliphatic carbocycles. The zero-order valence-electron chi connectivity index (χ0n) is 8.51. The summed E-state index contributed by atoms with van der Waals surface area (Å²) in [6, 6.07) is 0. The Labute approximate surface area is 95.7 Å². The molecule has 0 saturated carbocycles. The van der Waals surface area contributed by atoms with Crippen molar-refractivity contribution < 1.29 is 8.95 Å². The van der Waals surface area contributed by atoms with Crippen molar-refractivity contribution in [3.63, 3.8) is 0 Å². The highest BCUT2D eigenvalue weighted by Gasteiger charge is 2.26. The van der Waals surface area contributed by atoms with Gasteiger partial charge in [-0.05, 0) is 6.92 Å². The van der Waals surface area contributed by atoms with Gasteiger partial charge in [0, 0.05) is 24.6 Å². The fraction of sp³-hybridized carbons (Fsp3) is 0.750. The summed E-state index contributed by atoms with van der Waals surface area (Å²) in [5.41, 5.74) is 0. The molecule has 0 aromatic heterocycles. The molecule has 0 aromatic rings. The number of ether oxygens (including phenoxy) is 1. The van der Waals surface area contributed by atoms with Crippen molar-refractivity contribution in [2.24, 2.45) is 8.80 Å². The molecule has 0 amide bonds. The minimum atomic E-state index is -1.48. The molecule has 84 valence electrons. The zero-order valence-corrected chi connectivity index (χ0v) is 10.1. The van der Waals surface area contributed by atoms with E-state index in [9.17, 15) is 4.21 Å². The summed E-state index contributed by atoms with van der Waals surface area (Å²) in [6.07, 6.45) is 0. The van der Waals surface area contributed by atoms with Gasteiger partial charge >= 0.3 is 0 Å². The predicted octanol–water partition coefficient (Wildman–Crippen LogP) is 0.461. The van der Waals surface area contributed by atoms with Crippen LogP contribution in [-0.2, 0) is 15.9 Å². The average molecular weight is 247 g/mol. The molecule has 5 nitrogen and oxygen atoms in total. The third kappa shape index (κ3) is 2.52. The molecule has 2 heterocycles. The molecule has 1 unspecified atom stereocenters.